The van der Waals surface area contributed by atoms with E-state index < -0.39 is 15.9 Å². The van der Waals surface area contributed by atoms with Gasteiger partial charge in [0.25, 0.3) is 15.9 Å². The first kappa shape index (κ1) is 21.3. The number of carbonyl (C=O) groups is 1. The number of nitrogens with zero attached hydrogens (tertiary/aromatic N) is 4. The van der Waals surface area contributed by atoms with E-state index in [-0.39, 0.29) is 23.6 Å². The van der Waals surface area contributed by atoms with Crippen LogP contribution >= 0.6 is 23.4 Å². The molecule has 11 heteroatoms. The molecule has 5 rings (SSSR count). The summed E-state index contributed by atoms with van der Waals surface area (Å²) in [6, 6.07) is 13.8. The lowest BCUT2D eigenvalue weighted by Gasteiger charge is -2.15. The molecule has 166 valence electrons. The minimum Gasteiger partial charge on any atom is -0.484 e. The van der Waals surface area contributed by atoms with Gasteiger partial charge in [-0.25, -0.2) is 12.7 Å². The SMILES string of the molecule is O=C1c2ccccc2S(=O)(=O)N1CCSc1nnc(COc2ccccc2Cl)n1C1CC1. The number of ether oxygens (including phenoxy) is 1. The molecular formula is C21H19ClN4O4S2. The fraction of sp³-hybridized carbons (Fsp3) is 0.286. The maximum Gasteiger partial charge on any atom is 0.269 e. The highest BCUT2D eigenvalue weighted by Gasteiger charge is 2.40. The molecule has 0 bridgehead atoms. The van der Waals surface area contributed by atoms with Crippen molar-refractivity contribution in [1.29, 1.82) is 0 Å². The number of para-hydroxylation sites is 1. The van der Waals surface area contributed by atoms with Crippen molar-refractivity contribution in [1.82, 2.24) is 19.1 Å². The van der Waals surface area contributed by atoms with Crippen LogP contribution in [-0.4, -0.2) is 45.7 Å². The largest absolute Gasteiger partial charge is 0.484 e. The maximum absolute atomic E-state index is 12.7. The van der Waals surface area contributed by atoms with Gasteiger partial charge in [-0.2, -0.15) is 0 Å². The number of halogens is 1. The van der Waals surface area contributed by atoms with Gasteiger partial charge in [-0.1, -0.05) is 47.6 Å². The number of sulfonamides is 1. The number of hydrogen-bond donors (Lipinski definition) is 0. The molecule has 1 saturated carbocycles. The Balaban J connectivity index is 1.27. The van der Waals surface area contributed by atoms with E-state index in [1.807, 2.05) is 16.7 Å². The van der Waals surface area contributed by atoms with Gasteiger partial charge in [-0.3, -0.25) is 4.79 Å². The summed E-state index contributed by atoms with van der Waals surface area (Å²) >= 11 is 7.54. The van der Waals surface area contributed by atoms with Gasteiger partial charge < -0.3 is 9.30 Å². The van der Waals surface area contributed by atoms with Crippen LogP contribution in [0.4, 0.5) is 0 Å². The average molecular weight is 491 g/mol. The first-order chi connectivity index (χ1) is 15.5. The van der Waals surface area contributed by atoms with Crippen molar-refractivity contribution >= 4 is 39.3 Å². The molecular weight excluding hydrogens is 472 g/mol. The molecule has 2 heterocycles. The molecule has 0 radical (unpaired) electrons. The topological polar surface area (TPSA) is 94.4 Å². The summed E-state index contributed by atoms with van der Waals surface area (Å²) < 4.78 is 34.2. The lowest BCUT2D eigenvalue weighted by molar-refractivity contribution is 0.0876. The lowest BCUT2D eigenvalue weighted by Crippen LogP contribution is -2.32. The summed E-state index contributed by atoms with van der Waals surface area (Å²) in [6.07, 6.45) is 2.05. The average Bonchev–Trinajstić information content (AvgIpc) is 3.52. The molecule has 8 nitrogen and oxygen atoms in total. The van der Waals surface area contributed by atoms with Crippen molar-refractivity contribution in [2.45, 2.75) is 35.5 Å². The molecule has 1 fully saturated rings. The Morgan fingerprint density at radius 2 is 1.84 bits per heavy atom. The molecule has 0 spiro atoms. The highest BCUT2D eigenvalue weighted by atomic mass is 35.5. The van der Waals surface area contributed by atoms with Gasteiger partial charge >= 0.3 is 0 Å². The highest BCUT2D eigenvalue weighted by Crippen LogP contribution is 2.39. The second-order valence-corrected chi connectivity index (χ2v) is 10.7. The zero-order chi connectivity index (χ0) is 22.3. The van der Waals surface area contributed by atoms with E-state index in [1.165, 1.54) is 23.9 Å². The highest BCUT2D eigenvalue weighted by molar-refractivity contribution is 7.99. The van der Waals surface area contributed by atoms with E-state index in [2.05, 4.69) is 10.2 Å². The zero-order valence-electron chi connectivity index (χ0n) is 16.8. The quantitative estimate of drug-likeness (QED) is 0.443. The molecule has 0 atom stereocenters. The maximum atomic E-state index is 12.7. The summed E-state index contributed by atoms with van der Waals surface area (Å²) in [5.41, 5.74) is 0.220. The van der Waals surface area contributed by atoms with Gasteiger partial charge in [0, 0.05) is 18.3 Å². The van der Waals surface area contributed by atoms with Crippen LogP contribution in [0.1, 0.15) is 35.1 Å². The zero-order valence-corrected chi connectivity index (χ0v) is 19.2. The third kappa shape index (κ3) is 3.87. The number of rotatable bonds is 8. The first-order valence-corrected chi connectivity index (χ1v) is 12.9. The van der Waals surface area contributed by atoms with Crippen molar-refractivity contribution in [3.05, 3.63) is 64.9 Å². The molecule has 2 aromatic carbocycles. The Labute approximate surface area is 194 Å². The molecule has 0 saturated heterocycles. The first-order valence-electron chi connectivity index (χ1n) is 10.1. The van der Waals surface area contributed by atoms with Gasteiger partial charge in [-0.15, -0.1) is 10.2 Å². The van der Waals surface area contributed by atoms with E-state index in [0.29, 0.717) is 33.5 Å². The van der Waals surface area contributed by atoms with Crippen molar-refractivity contribution in [2.24, 2.45) is 0 Å². The van der Waals surface area contributed by atoms with Gasteiger partial charge in [0.1, 0.15) is 17.3 Å². The van der Waals surface area contributed by atoms with Crippen LogP contribution in [0.2, 0.25) is 5.02 Å². The van der Waals surface area contributed by atoms with Gasteiger partial charge in [0.15, 0.2) is 11.0 Å². The standard InChI is InChI=1S/C21H19ClN4O4S2/c22-16-6-2-3-7-17(16)30-13-19-23-24-21(26(19)14-9-10-14)31-12-11-25-20(27)15-5-1-4-8-18(15)32(25,28)29/h1-8,14H,9-13H2. The summed E-state index contributed by atoms with van der Waals surface area (Å²) in [4.78, 5) is 12.6. The number of carbonyl (C=O) groups excluding carboxylic acids is 1. The van der Waals surface area contributed by atoms with Crippen LogP contribution < -0.4 is 4.74 Å². The Morgan fingerprint density at radius 1 is 1.09 bits per heavy atom. The second-order valence-electron chi connectivity index (χ2n) is 7.45. The van der Waals surface area contributed by atoms with Crippen LogP contribution in [0.5, 0.6) is 5.75 Å². The fourth-order valence-electron chi connectivity index (χ4n) is 3.58. The predicted octanol–water partition coefficient (Wildman–Crippen LogP) is 3.78. The van der Waals surface area contributed by atoms with E-state index in [4.69, 9.17) is 16.3 Å². The van der Waals surface area contributed by atoms with Crippen LogP contribution in [0.3, 0.4) is 0 Å². The minimum atomic E-state index is -3.81. The van der Waals surface area contributed by atoms with Crippen molar-refractivity contribution in [2.75, 3.05) is 12.3 Å². The molecule has 2 aliphatic rings. The Bertz CT molecular complexity index is 1290. The lowest BCUT2D eigenvalue weighted by atomic mass is 10.2. The number of benzene rings is 2. The van der Waals surface area contributed by atoms with Crippen molar-refractivity contribution < 1.29 is 17.9 Å². The van der Waals surface area contributed by atoms with Crippen LogP contribution in [0, 0.1) is 0 Å². The molecule has 32 heavy (non-hydrogen) atoms. The third-order valence-electron chi connectivity index (χ3n) is 5.28. The number of amides is 1. The van der Waals surface area contributed by atoms with Crippen LogP contribution in [0.25, 0.3) is 0 Å². The third-order valence-corrected chi connectivity index (χ3v) is 8.35. The van der Waals surface area contributed by atoms with Gasteiger partial charge in [0.05, 0.1) is 10.6 Å². The normalized spacial score (nSPS) is 16.9. The van der Waals surface area contributed by atoms with Crippen molar-refractivity contribution in [3.63, 3.8) is 0 Å². The molecule has 1 aromatic heterocycles. The molecule has 0 unspecified atom stereocenters. The van der Waals surface area contributed by atoms with E-state index >= 15 is 0 Å². The van der Waals surface area contributed by atoms with Gasteiger partial charge in [-0.05, 0) is 37.1 Å². The fourth-order valence-corrected chi connectivity index (χ4v) is 6.40. The second kappa shape index (κ2) is 8.42. The van der Waals surface area contributed by atoms with Crippen LogP contribution in [0.15, 0.2) is 58.6 Å². The number of thioether (sulfide) groups is 1. The number of fused-ring (bicyclic) bond motifs is 1. The molecule has 1 aliphatic carbocycles. The van der Waals surface area contributed by atoms with Crippen molar-refractivity contribution in [3.8, 4) is 5.75 Å². The Hall–Kier alpha value is -2.56. The number of aromatic nitrogens is 3. The van der Waals surface area contributed by atoms with E-state index in [9.17, 15) is 13.2 Å². The summed E-state index contributed by atoms with van der Waals surface area (Å²) in [5.74, 6) is 1.15. The monoisotopic (exact) mass is 490 g/mol. The molecule has 1 amide bonds. The van der Waals surface area contributed by atoms with Gasteiger partial charge in [0.2, 0.25) is 0 Å². The minimum absolute atomic E-state index is 0.0590. The molecule has 0 N–H and O–H groups in total. The summed E-state index contributed by atoms with van der Waals surface area (Å²) in [6.45, 7) is 0.283. The summed E-state index contributed by atoms with van der Waals surface area (Å²) in [7, 11) is -3.81. The summed E-state index contributed by atoms with van der Waals surface area (Å²) in [5, 5.41) is 9.77. The van der Waals surface area contributed by atoms with Crippen LogP contribution in [-0.2, 0) is 16.6 Å². The van der Waals surface area contributed by atoms with E-state index in [1.54, 1.807) is 24.3 Å². The predicted molar refractivity (Wildman–Crippen MR) is 119 cm³/mol. The molecule has 1 aliphatic heterocycles. The Kier molecular flexibility index (Phi) is 5.60. The molecule has 3 aromatic rings. The van der Waals surface area contributed by atoms with E-state index in [0.717, 1.165) is 17.1 Å². The Morgan fingerprint density at radius 3 is 2.59 bits per heavy atom. The number of hydrogen-bond acceptors (Lipinski definition) is 7. The smallest absolute Gasteiger partial charge is 0.269 e.